The Hall–Kier alpha value is -3.48. The molecule has 154 valence electrons. The van der Waals surface area contributed by atoms with Crippen molar-refractivity contribution < 1.29 is 14.0 Å². The number of fused-ring (bicyclic) bond motifs is 1. The first-order valence-electron chi connectivity index (χ1n) is 9.91. The van der Waals surface area contributed by atoms with E-state index in [-0.39, 0.29) is 24.0 Å². The molecule has 2 amide bonds. The number of para-hydroxylation sites is 1. The first-order chi connectivity index (χ1) is 14.5. The molecule has 0 aliphatic carbocycles. The van der Waals surface area contributed by atoms with E-state index in [1.165, 1.54) is 12.1 Å². The molecule has 1 aliphatic rings. The number of rotatable bonds is 5. The monoisotopic (exact) mass is 406 g/mol. The molecule has 0 saturated heterocycles. The maximum absolute atomic E-state index is 14.0. The summed E-state index contributed by atoms with van der Waals surface area (Å²) in [7, 11) is 1.78. The van der Waals surface area contributed by atoms with Crippen molar-refractivity contribution in [3.8, 4) is 0 Å². The van der Waals surface area contributed by atoms with E-state index in [0.29, 0.717) is 25.1 Å². The van der Waals surface area contributed by atoms with Crippen molar-refractivity contribution in [1.29, 1.82) is 0 Å². The van der Waals surface area contributed by atoms with Gasteiger partial charge < -0.3 is 10.2 Å². The Morgan fingerprint density at radius 3 is 2.63 bits per heavy atom. The van der Waals surface area contributed by atoms with Crippen LogP contribution in [0.15, 0.2) is 60.8 Å². The molecular formula is C23H23FN4O2. The highest BCUT2D eigenvalue weighted by atomic mass is 19.1. The minimum Gasteiger partial charge on any atom is -0.337 e. The van der Waals surface area contributed by atoms with Gasteiger partial charge in [0, 0.05) is 38.3 Å². The minimum absolute atomic E-state index is 0.0166. The summed E-state index contributed by atoms with van der Waals surface area (Å²) >= 11 is 0. The molecule has 0 spiro atoms. The molecule has 1 N–H and O–H groups in total. The van der Waals surface area contributed by atoms with Crippen LogP contribution < -0.4 is 5.32 Å². The molecule has 7 heteroatoms. The Kier molecular flexibility index (Phi) is 5.61. The van der Waals surface area contributed by atoms with E-state index >= 15 is 0 Å². The van der Waals surface area contributed by atoms with Gasteiger partial charge in [0.05, 0.1) is 11.4 Å². The normalized spacial score (nSPS) is 15.5. The standard InChI is InChI=1S/C23H23FN4O2/c1-27-13-17-14-28(21(29)12-11-16-7-3-2-4-8-16)15-18(22(17)26-27)23(30)25-20-10-6-5-9-19(20)24/h2-10,13,18H,11-12,14-15H2,1H3,(H,25,30). The molecule has 1 atom stereocenters. The number of aryl methyl sites for hydroxylation is 2. The zero-order chi connectivity index (χ0) is 21.1. The van der Waals surface area contributed by atoms with Crippen LogP contribution in [0, 0.1) is 5.82 Å². The molecule has 0 radical (unpaired) electrons. The molecule has 4 rings (SSSR count). The number of hydrogen-bond acceptors (Lipinski definition) is 3. The van der Waals surface area contributed by atoms with Gasteiger partial charge in [-0.1, -0.05) is 42.5 Å². The van der Waals surface area contributed by atoms with Gasteiger partial charge in [-0.2, -0.15) is 5.10 Å². The van der Waals surface area contributed by atoms with Crippen molar-refractivity contribution in [3.05, 3.63) is 83.4 Å². The summed E-state index contributed by atoms with van der Waals surface area (Å²) in [5.41, 5.74) is 2.69. The lowest BCUT2D eigenvalue weighted by Crippen LogP contribution is -2.42. The summed E-state index contributed by atoms with van der Waals surface area (Å²) in [5, 5.41) is 7.08. The highest BCUT2D eigenvalue weighted by molar-refractivity contribution is 5.96. The van der Waals surface area contributed by atoms with E-state index in [1.54, 1.807) is 28.8 Å². The summed E-state index contributed by atoms with van der Waals surface area (Å²) in [6.45, 7) is 0.637. The Labute approximate surface area is 174 Å². The number of nitrogens with zero attached hydrogens (tertiary/aromatic N) is 3. The highest BCUT2D eigenvalue weighted by Gasteiger charge is 2.35. The van der Waals surface area contributed by atoms with E-state index in [2.05, 4.69) is 10.4 Å². The molecule has 0 saturated carbocycles. The number of aromatic nitrogens is 2. The molecule has 6 nitrogen and oxygen atoms in total. The summed E-state index contributed by atoms with van der Waals surface area (Å²) < 4.78 is 15.6. The lowest BCUT2D eigenvalue weighted by atomic mass is 9.95. The largest absolute Gasteiger partial charge is 0.337 e. The van der Waals surface area contributed by atoms with Crippen LogP contribution in [0.2, 0.25) is 0 Å². The molecule has 30 heavy (non-hydrogen) atoms. The van der Waals surface area contributed by atoms with Gasteiger partial charge in [0.25, 0.3) is 0 Å². The fourth-order valence-electron chi connectivity index (χ4n) is 3.78. The fourth-order valence-corrected chi connectivity index (χ4v) is 3.78. The van der Waals surface area contributed by atoms with Crippen LogP contribution in [0.1, 0.15) is 29.2 Å². The average molecular weight is 406 g/mol. The van der Waals surface area contributed by atoms with Crippen LogP contribution in [0.3, 0.4) is 0 Å². The number of carbonyl (C=O) groups excluding carboxylic acids is 2. The van der Waals surface area contributed by atoms with Gasteiger partial charge in [-0.3, -0.25) is 14.3 Å². The molecule has 2 heterocycles. The quantitative estimate of drug-likeness (QED) is 0.707. The molecule has 1 unspecified atom stereocenters. The van der Waals surface area contributed by atoms with Crippen LogP contribution >= 0.6 is 0 Å². The molecule has 1 aromatic heterocycles. The second-order valence-corrected chi connectivity index (χ2v) is 7.49. The maximum atomic E-state index is 14.0. The van der Waals surface area contributed by atoms with E-state index in [9.17, 15) is 14.0 Å². The third kappa shape index (κ3) is 4.25. The zero-order valence-electron chi connectivity index (χ0n) is 16.7. The molecule has 2 aromatic carbocycles. The first kappa shape index (κ1) is 19.8. The Bertz CT molecular complexity index is 1060. The zero-order valence-corrected chi connectivity index (χ0v) is 16.7. The molecule has 0 fully saturated rings. The third-order valence-electron chi connectivity index (χ3n) is 5.30. The van der Waals surface area contributed by atoms with Crippen molar-refractivity contribution in [1.82, 2.24) is 14.7 Å². The summed E-state index contributed by atoms with van der Waals surface area (Å²) in [6, 6.07) is 15.9. The molecular weight excluding hydrogens is 383 g/mol. The van der Waals surface area contributed by atoms with E-state index in [1.807, 2.05) is 36.5 Å². The molecule has 3 aromatic rings. The van der Waals surface area contributed by atoms with Gasteiger partial charge in [0.1, 0.15) is 11.7 Å². The summed E-state index contributed by atoms with van der Waals surface area (Å²) in [6.07, 6.45) is 2.83. The van der Waals surface area contributed by atoms with Crippen molar-refractivity contribution in [2.24, 2.45) is 7.05 Å². The number of benzene rings is 2. The van der Waals surface area contributed by atoms with E-state index in [4.69, 9.17) is 0 Å². The fraction of sp³-hybridized carbons (Fsp3) is 0.261. The Morgan fingerprint density at radius 2 is 1.87 bits per heavy atom. The number of amides is 2. The lowest BCUT2D eigenvalue weighted by Gasteiger charge is -2.31. The number of nitrogens with one attached hydrogen (secondary N) is 1. The number of halogens is 1. The third-order valence-corrected chi connectivity index (χ3v) is 5.30. The molecule has 0 bridgehead atoms. The van der Waals surface area contributed by atoms with Crippen molar-refractivity contribution in [3.63, 3.8) is 0 Å². The van der Waals surface area contributed by atoms with Gasteiger partial charge in [-0.15, -0.1) is 0 Å². The predicted molar refractivity (Wildman–Crippen MR) is 111 cm³/mol. The second-order valence-electron chi connectivity index (χ2n) is 7.49. The van der Waals surface area contributed by atoms with Gasteiger partial charge in [0.15, 0.2) is 0 Å². The smallest absolute Gasteiger partial charge is 0.235 e. The minimum atomic E-state index is -0.657. The van der Waals surface area contributed by atoms with Crippen LogP contribution in [0.4, 0.5) is 10.1 Å². The van der Waals surface area contributed by atoms with Crippen molar-refractivity contribution >= 4 is 17.5 Å². The van der Waals surface area contributed by atoms with Gasteiger partial charge in [-0.05, 0) is 24.1 Å². The number of hydrogen-bond donors (Lipinski definition) is 1. The maximum Gasteiger partial charge on any atom is 0.235 e. The molecule has 1 aliphatic heterocycles. The Morgan fingerprint density at radius 1 is 1.13 bits per heavy atom. The first-order valence-corrected chi connectivity index (χ1v) is 9.91. The van der Waals surface area contributed by atoms with E-state index in [0.717, 1.165) is 11.1 Å². The van der Waals surface area contributed by atoms with Crippen molar-refractivity contribution in [2.45, 2.75) is 25.3 Å². The van der Waals surface area contributed by atoms with E-state index < -0.39 is 11.7 Å². The summed E-state index contributed by atoms with van der Waals surface area (Å²) in [4.78, 5) is 27.5. The number of anilines is 1. The van der Waals surface area contributed by atoms with Gasteiger partial charge in [0.2, 0.25) is 11.8 Å². The van der Waals surface area contributed by atoms with Crippen LogP contribution in [-0.2, 0) is 29.6 Å². The van der Waals surface area contributed by atoms with Crippen LogP contribution in [-0.4, -0.2) is 33.0 Å². The Balaban J connectivity index is 1.51. The summed E-state index contributed by atoms with van der Waals surface area (Å²) in [5.74, 6) is -1.55. The average Bonchev–Trinajstić information content (AvgIpc) is 3.13. The lowest BCUT2D eigenvalue weighted by molar-refractivity contribution is -0.133. The predicted octanol–water partition coefficient (Wildman–Crippen LogP) is 3.26. The van der Waals surface area contributed by atoms with Gasteiger partial charge >= 0.3 is 0 Å². The topological polar surface area (TPSA) is 67.2 Å². The van der Waals surface area contributed by atoms with Crippen LogP contribution in [0.25, 0.3) is 0 Å². The second kappa shape index (κ2) is 8.49. The SMILES string of the molecule is Cn1cc2c(n1)C(C(=O)Nc1ccccc1F)CN(C(=O)CCc1ccccc1)C2. The van der Waals surface area contributed by atoms with Gasteiger partial charge in [-0.25, -0.2) is 4.39 Å². The van der Waals surface area contributed by atoms with Crippen LogP contribution in [0.5, 0.6) is 0 Å². The highest BCUT2D eigenvalue weighted by Crippen LogP contribution is 2.29. The van der Waals surface area contributed by atoms with Crippen molar-refractivity contribution in [2.75, 3.05) is 11.9 Å². The number of carbonyl (C=O) groups is 2.